The quantitative estimate of drug-likeness (QED) is 0.443. The van der Waals surface area contributed by atoms with Gasteiger partial charge in [0.1, 0.15) is 0 Å². The maximum absolute atomic E-state index is 2.46. The Labute approximate surface area is 78.8 Å². The van der Waals surface area contributed by atoms with Crippen molar-refractivity contribution in [3.05, 3.63) is 12.8 Å². The van der Waals surface area contributed by atoms with Crippen LogP contribution in [-0.2, 0) is 0 Å². The van der Waals surface area contributed by atoms with Crippen molar-refractivity contribution in [2.45, 2.75) is 65.2 Å². The van der Waals surface area contributed by atoms with Gasteiger partial charge < -0.3 is 0 Å². The van der Waals surface area contributed by atoms with Crippen LogP contribution in [0.3, 0.4) is 0 Å². The van der Waals surface area contributed by atoms with E-state index < -0.39 is 0 Å². The van der Waals surface area contributed by atoms with Crippen molar-refractivity contribution in [3.8, 4) is 0 Å². The van der Waals surface area contributed by atoms with Crippen LogP contribution in [0, 0.1) is 12.8 Å². The lowest BCUT2D eigenvalue weighted by Crippen LogP contribution is -1.81. The summed E-state index contributed by atoms with van der Waals surface area (Å²) in [6.45, 7) is 4.47. The predicted octanol–water partition coefficient (Wildman–Crippen LogP) is 4.56. The zero-order chi connectivity index (χ0) is 9.07. The van der Waals surface area contributed by atoms with Gasteiger partial charge >= 0.3 is 0 Å². The molecule has 72 valence electrons. The second-order valence-electron chi connectivity index (χ2n) is 3.41. The summed E-state index contributed by atoms with van der Waals surface area (Å²) in [5.41, 5.74) is 0. The lowest BCUT2D eigenvalue weighted by Gasteiger charge is -1.99. The molecule has 0 rings (SSSR count). The molecule has 0 aliphatic rings. The van der Waals surface area contributed by atoms with Gasteiger partial charge in [0.2, 0.25) is 0 Å². The lowest BCUT2D eigenvalue weighted by molar-refractivity contribution is 0.672. The van der Waals surface area contributed by atoms with E-state index in [0.717, 1.165) is 0 Å². The van der Waals surface area contributed by atoms with E-state index in [4.69, 9.17) is 0 Å². The maximum atomic E-state index is 2.46. The minimum atomic E-state index is 1.23. The second kappa shape index (κ2) is 11.0. The molecule has 0 saturated carbocycles. The van der Waals surface area contributed by atoms with Crippen molar-refractivity contribution in [1.82, 2.24) is 0 Å². The van der Waals surface area contributed by atoms with Crippen LogP contribution in [0.25, 0.3) is 0 Å². The van der Waals surface area contributed by atoms with Crippen LogP contribution in [0.4, 0.5) is 0 Å². The molecule has 0 aromatic carbocycles. The molecule has 0 aromatic heterocycles. The first-order chi connectivity index (χ1) is 5.91. The van der Waals surface area contributed by atoms with Crippen LogP contribution < -0.4 is 0 Å². The fourth-order valence-electron chi connectivity index (χ4n) is 1.29. The standard InChI is InChI=1S/C12H24/c1-3-5-7-9-11-12-10-8-6-4-2/h5,12H,3-4,6-11H2,1-2H3. The van der Waals surface area contributed by atoms with Gasteiger partial charge in [-0.05, 0) is 12.8 Å². The third-order valence-corrected chi connectivity index (χ3v) is 2.12. The van der Waals surface area contributed by atoms with Crippen molar-refractivity contribution < 1.29 is 0 Å². The van der Waals surface area contributed by atoms with Gasteiger partial charge in [-0.25, -0.2) is 0 Å². The van der Waals surface area contributed by atoms with Gasteiger partial charge in [0.05, 0.1) is 0 Å². The van der Waals surface area contributed by atoms with Gasteiger partial charge in [-0.2, -0.15) is 0 Å². The first-order valence-electron chi connectivity index (χ1n) is 5.55. The lowest BCUT2D eigenvalue weighted by atomic mass is 10.1. The summed E-state index contributed by atoms with van der Waals surface area (Å²) in [6, 6.07) is 0. The van der Waals surface area contributed by atoms with Crippen LogP contribution in [-0.4, -0.2) is 0 Å². The number of rotatable bonds is 9. The Balaban J connectivity index is 2.73. The molecule has 0 heteroatoms. The fourth-order valence-corrected chi connectivity index (χ4v) is 1.29. The van der Waals surface area contributed by atoms with Crippen LogP contribution >= 0.6 is 0 Å². The molecule has 0 bridgehead atoms. The Hall–Kier alpha value is 0. The molecule has 0 amide bonds. The highest BCUT2D eigenvalue weighted by atomic mass is 14.0. The summed E-state index contributed by atoms with van der Waals surface area (Å²) in [5.74, 6) is 0. The molecule has 0 atom stereocenters. The molecule has 0 unspecified atom stereocenters. The van der Waals surface area contributed by atoms with E-state index >= 15 is 0 Å². The highest BCUT2D eigenvalue weighted by molar-refractivity contribution is 4.68. The monoisotopic (exact) mass is 168 g/mol. The van der Waals surface area contributed by atoms with Gasteiger partial charge in [-0.15, -0.1) is 0 Å². The first-order valence-corrected chi connectivity index (χ1v) is 5.55. The van der Waals surface area contributed by atoms with E-state index in [0.29, 0.717) is 0 Å². The highest BCUT2D eigenvalue weighted by Gasteiger charge is 1.90. The van der Waals surface area contributed by atoms with Gasteiger partial charge in [0, 0.05) is 0 Å². The van der Waals surface area contributed by atoms with E-state index in [1.807, 2.05) is 0 Å². The highest BCUT2D eigenvalue weighted by Crippen LogP contribution is 2.08. The summed E-state index contributed by atoms with van der Waals surface area (Å²) in [5, 5.41) is 0. The van der Waals surface area contributed by atoms with E-state index in [1.54, 1.807) is 0 Å². The smallest absolute Gasteiger partial charge is 0.0386 e. The van der Waals surface area contributed by atoms with E-state index in [2.05, 4.69) is 26.7 Å². The summed E-state index contributed by atoms with van der Waals surface area (Å²) in [7, 11) is 0. The average molecular weight is 168 g/mol. The molecular formula is C12H24. The van der Waals surface area contributed by atoms with Gasteiger partial charge in [0.25, 0.3) is 0 Å². The van der Waals surface area contributed by atoms with E-state index in [-0.39, 0.29) is 0 Å². The average Bonchev–Trinajstić information content (AvgIpc) is 2.10. The molecule has 0 nitrogen and oxygen atoms in total. The summed E-state index contributed by atoms with van der Waals surface area (Å²) in [4.78, 5) is 0. The molecule has 2 radical (unpaired) electrons. The Morgan fingerprint density at radius 2 is 1.42 bits per heavy atom. The minimum Gasteiger partial charge on any atom is -0.0654 e. The van der Waals surface area contributed by atoms with Gasteiger partial charge in [-0.3, -0.25) is 0 Å². The SMILES string of the molecule is CC[CH]CCC[CH]CCCCC. The number of unbranched alkanes of at least 4 members (excludes halogenated alkanes) is 9. The van der Waals surface area contributed by atoms with E-state index in [1.165, 1.54) is 51.4 Å². The van der Waals surface area contributed by atoms with Crippen molar-refractivity contribution in [3.63, 3.8) is 0 Å². The zero-order valence-corrected chi connectivity index (χ0v) is 8.81. The van der Waals surface area contributed by atoms with Gasteiger partial charge in [0.15, 0.2) is 0 Å². The first kappa shape index (κ1) is 12.0. The summed E-state index contributed by atoms with van der Waals surface area (Å²) < 4.78 is 0. The molecule has 0 saturated heterocycles. The third kappa shape index (κ3) is 10.0. The van der Waals surface area contributed by atoms with E-state index in [9.17, 15) is 0 Å². The summed E-state index contributed by atoms with van der Waals surface area (Å²) in [6.07, 6.45) is 15.5. The van der Waals surface area contributed by atoms with Crippen molar-refractivity contribution >= 4 is 0 Å². The molecule has 0 fully saturated rings. The number of hydrogen-bond donors (Lipinski definition) is 0. The zero-order valence-electron chi connectivity index (χ0n) is 8.81. The molecule has 0 aromatic rings. The van der Waals surface area contributed by atoms with Crippen LogP contribution in [0.5, 0.6) is 0 Å². The molecule has 0 aliphatic carbocycles. The van der Waals surface area contributed by atoms with Gasteiger partial charge in [-0.1, -0.05) is 65.2 Å². The Bertz CT molecular complexity index is 56.4. The van der Waals surface area contributed by atoms with Crippen LogP contribution in [0.2, 0.25) is 0 Å². The second-order valence-corrected chi connectivity index (χ2v) is 3.41. The largest absolute Gasteiger partial charge is 0.0654 e. The third-order valence-electron chi connectivity index (χ3n) is 2.12. The topological polar surface area (TPSA) is 0 Å². The van der Waals surface area contributed by atoms with Crippen molar-refractivity contribution in [2.24, 2.45) is 0 Å². The predicted molar refractivity (Wildman–Crippen MR) is 56.9 cm³/mol. The summed E-state index contributed by atoms with van der Waals surface area (Å²) >= 11 is 0. The normalized spacial score (nSPS) is 10.5. The molecule has 0 spiro atoms. The molecule has 0 N–H and O–H groups in total. The minimum absolute atomic E-state index is 1.23. The van der Waals surface area contributed by atoms with Crippen molar-refractivity contribution in [2.75, 3.05) is 0 Å². The molecule has 0 aliphatic heterocycles. The Kier molecular flexibility index (Phi) is 11.0. The van der Waals surface area contributed by atoms with Crippen LogP contribution in [0.15, 0.2) is 0 Å². The molecular weight excluding hydrogens is 144 g/mol. The van der Waals surface area contributed by atoms with Crippen molar-refractivity contribution in [1.29, 1.82) is 0 Å². The van der Waals surface area contributed by atoms with Crippen LogP contribution in [0.1, 0.15) is 65.2 Å². The Morgan fingerprint density at radius 1 is 0.750 bits per heavy atom. The molecule has 0 heterocycles. The molecule has 12 heavy (non-hydrogen) atoms. The number of hydrogen-bond acceptors (Lipinski definition) is 0. The fraction of sp³-hybridized carbons (Fsp3) is 0.833. The maximum Gasteiger partial charge on any atom is -0.0386 e. The Morgan fingerprint density at radius 3 is 2.08 bits per heavy atom.